The first kappa shape index (κ1) is 14.1. The molecule has 2 rings (SSSR count). The molecule has 0 saturated heterocycles. The average Bonchev–Trinajstić information content (AvgIpc) is 2.71. The van der Waals surface area contributed by atoms with Crippen LogP contribution in [0.4, 0.5) is 13.2 Å². The van der Waals surface area contributed by atoms with Crippen molar-refractivity contribution in [2.24, 2.45) is 0 Å². The van der Waals surface area contributed by atoms with Crippen molar-refractivity contribution in [1.82, 2.24) is 4.90 Å². The number of aliphatic hydroxyl groups is 1. The number of fused-ring (bicyclic) bond motifs is 1. The van der Waals surface area contributed by atoms with Crippen molar-refractivity contribution in [1.29, 1.82) is 0 Å². The fourth-order valence-corrected chi connectivity index (χ4v) is 2.32. The number of nitrogens with zero attached hydrogens (tertiary/aromatic N) is 1. The van der Waals surface area contributed by atoms with Gasteiger partial charge in [-0.15, -0.1) is 0 Å². The second-order valence-corrected chi connectivity index (χ2v) is 4.62. The summed E-state index contributed by atoms with van der Waals surface area (Å²) in [4.78, 5) is 1.22. The Morgan fingerprint density at radius 2 is 2.05 bits per heavy atom. The third-order valence-corrected chi connectivity index (χ3v) is 3.10. The Bertz CT molecular complexity index is 423. The van der Waals surface area contributed by atoms with Crippen molar-refractivity contribution < 1.29 is 23.0 Å². The molecule has 1 unspecified atom stereocenters. The van der Waals surface area contributed by atoms with Crippen molar-refractivity contribution in [3.05, 3.63) is 29.8 Å². The van der Waals surface area contributed by atoms with Crippen LogP contribution in [0.2, 0.25) is 0 Å². The minimum atomic E-state index is -4.26. The molecular formula is C13H16F3NO2. The first-order chi connectivity index (χ1) is 8.99. The van der Waals surface area contributed by atoms with Gasteiger partial charge in [0.2, 0.25) is 0 Å². The molecule has 1 aromatic rings. The molecule has 0 spiro atoms. The molecule has 0 aliphatic carbocycles. The monoisotopic (exact) mass is 275 g/mol. The Labute approximate surface area is 109 Å². The second kappa shape index (κ2) is 5.79. The molecule has 19 heavy (non-hydrogen) atoms. The lowest BCUT2D eigenvalue weighted by molar-refractivity contribution is -0.147. The van der Waals surface area contributed by atoms with Crippen LogP contribution in [0.25, 0.3) is 0 Å². The van der Waals surface area contributed by atoms with Gasteiger partial charge in [0.15, 0.2) is 0 Å². The summed E-state index contributed by atoms with van der Waals surface area (Å²) in [6.07, 6.45) is -4.26. The zero-order valence-electron chi connectivity index (χ0n) is 10.4. The highest BCUT2D eigenvalue weighted by Crippen LogP contribution is 2.34. The summed E-state index contributed by atoms with van der Waals surface area (Å²) < 4.78 is 42.8. The lowest BCUT2D eigenvalue weighted by atomic mass is 10.0. The molecule has 0 radical (unpaired) electrons. The fraction of sp³-hybridized carbons (Fsp3) is 0.538. The highest BCUT2D eigenvalue weighted by molar-refractivity contribution is 5.39. The summed E-state index contributed by atoms with van der Waals surface area (Å²) >= 11 is 0. The average molecular weight is 275 g/mol. The highest BCUT2D eigenvalue weighted by atomic mass is 19.4. The second-order valence-electron chi connectivity index (χ2n) is 4.62. The van der Waals surface area contributed by atoms with Crippen LogP contribution < -0.4 is 4.74 Å². The molecule has 0 fully saturated rings. The van der Waals surface area contributed by atoms with Gasteiger partial charge in [0.05, 0.1) is 19.8 Å². The first-order valence-electron chi connectivity index (χ1n) is 6.11. The van der Waals surface area contributed by atoms with Gasteiger partial charge in [0.25, 0.3) is 0 Å². The largest absolute Gasteiger partial charge is 0.493 e. The molecule has 1 N–H and O–H groups in total. The van der Waals surface area contributed by atoms with Crippen LogP contribution in [0.15, 0.2) is 24.3 Å². The molecule has 3 nitrogen and oxygen atoms in total. The minimum Gasteiger partial charge on any atom is -0.493 e. The normalized spacial score (nSPS) is 18.5. The number of para-hydroxylation sites is 1. The third kappa shape index (κ3) is 3.84. The number of hydrogen-bond donors (Lipinski definition) is 1. The van der Waals surface area contributed by atoms with E-state index in [1.807, 2.05) is 24.3 Å². The van der Waals surface area contributed by atoms with Gasteiger partial charge in [-0.25, -0.2) is 0 Å². The molecule has 0 bridgehead atoms. The van der Waals surface area contributed by atoms with E-state index in [1.54, 1.807) is 0 Å². The molecule has 1 aliphatic heterocycles. The van der Waals surface area contributed by atoms with E-state index in [-0.39, 0.29) is 25.6 Å². The summed E-state index contributed by atoms with van der Waals surface area (Å²) in [7, 11) is 0. The maximum absolute atomic E-state index is 12.4. The summed E-state index contributed by atoms with van der Waals surface area (Å²) in [5.74, 6) is 0.661. The van der Waals surface area contributed by atoms with Gasteiger partial charge in [-0.2, -0.15) is 13.2 Å². The number of aliphatic hydroxyl groups excluding tert-OH is 1. The SMILES string of the molecule is OCCN(CC1COc2ccccc21)CC(F)(F)F. The standard InChI is InChI=1S/C13H16F3NO2/c14-13(15,16)9-17(5-6-18)7-10-8-19-12-4-2-1-3-11(10)12/h1-4,10,18H,5-9H2. The van der Waals surface area contributed by atoms with Crippen LogP contribution >= 0.6 is 0 Å². The predicted molar refractivity (Wildman–Crippen MR) is 64.3 cm³/mol. The number of rotatable bonds is 5. The lowest BCUT2D eigenvalue weighted by Crippen LogP contribution is -2.39. The number of halogens is 3. The van der Waals surface area contributed by atoms with E-state index >= 15 is 0 Å². The fourth-order valence-electron chi connectivity index (χ4n) is 2.32. The van der Waals surface area contributed by atoms with E-state index in [0.29, 0.717) is 6.61 Å². The highest BCUT2D eigenvalue weighted by Gasteiger charge is 2.33. The topological polar surface area (TPSA) is 32.7 Å². The lowest BCUT2D eigenvalue weighted by Gasteiger charge is -2.25. The number of ether oxygens (including phenoxy) is 1. The van der Waals surface area contributed by atoms with Crippen LogP contribution in [-0.2, 0) is 0 Å². The molecule has 0 saturated carbocycles. The Balaban J connectivity index is 2.02. The Morgan fingerprint density at radius 1 is 1.32 bits per heavy atom. The van der Waals surface area contributed by atoms with Crippen molar-refractivity contribution in [3.8, 4) is 5.75 Å². The number of alkyl halides is 3. The molecule has 0 aromatic heterocycles. The summed E-state index contributed by atoms with van der Waals surface area (Å²) in [6.45, 7) is -0.661. The quantitative estimate of drug-likeness (QED) is 0.892. The van der Waals surface area contributed by atoms with Gasteiger partial charge in [0.1, 0.15) is 5.75 Å². The maximum atomic E-state index is 12.4. The summed E-state index contributed by atoms with van der Waals surface area (Å²) in [6, 6.07) is 7.37. The molecule has 1 aliphatic rings. The van der Waals surface area contributed by atoms with E-state index in [4.69, 9.17) is 9.84 Å². The predicted octanol–water partition coefficient (Wildman–Crippen LogP) is 2.02. The van der Waals surface area contributed by atoms with Gasteiger partial charge in [-0.05, 0) is 6.07 Å². The minimum absolute atomic E-state index is 0.0121. The maximum Gasteiger partial charge on any atom is 0.401 e. The molecule has 1 heterocycles. The zero-order chi connectivity index (χ0) is 13.9. The van der Waals surface area contributed by atoms with Gasteiger partial charge in [0, 0.05) is 24.6 Å². The Hall–Kier alpha value is -1.27. The van der Waals surface area contributed by atoms with Crippen LogP contribution in [-0.4, -0.2) is 49.0 Å². The van der Waals surface area contributed by atoms with Crippen LogP contribution in [0.5, 0.6) is 5.75 Å². The Kier molecular flexibility index (Phi) is 4.31. The first-order valence-corrected chi connectivity index (χ1v) is 6.11. The van der Waals surface area contributed by atoms with E-state index in [1.165, 1.54) is 4.90 Å². The smallest absolute Gasteiger partial charge is 0.401 e. The zero-order valence-corrected chi connectivity index (χ0v) is 10.4. The van der Waals surface area contributed by atoms with Crippen molar-refractivity contribution >= 4 is 0 Å². The summed E-state index contributed by atoms with van der Waals surface area (Å²) in [5, 5.41) is 8.86. The number of hydrogen-bond acceptors (Lipinski definition) is 3. The molecular weight excluding hydrogens is 259 g/mol. The van der Waals surface area contributed by atoms with Crippen LogP contribution in [0.3, 0.4) is 0 Å². The van der Waals surface area contributed by atoms with E-state index in [9.17, 15) is 13.2 Å². The molecule has 1 atom stereocenters. The van der Waals surface area contributed by atoms with E-state index < -0.39 is 12.7 Å². The van der Waals surface area contributed by atoms with Gasteiger partial charge >= 0.3 is 6.18 Å². The van der Waals surface area contributed by atoms with Crippen LogP contribution in [0, 0.1) is 0 Å². The third-order valence-electron chi connectivity index (χ3n) is 3.10. The molecule has 106 valence electrons. The van der Waals surface area contributed by atoms with Crippen LogP contribution in [0.1, 0.15) is 11.5 Å². The van der Waals surface area contributed by atoms with Gasteiger partial charge < -0.3 is 9.84 Å². The Morgan fingerprint density at radius 3 is 2.74 bits per heavy atom. The van der Waals surface area contributed by atoms with E-state index in [2.05, 4.69) is 0 Å². The van der Waals surface area contributed by atoms with Crippen molar-refractivity contribution in [2.45, 2.75) is 12.1 Å². The van der Waals surface area contributed by atoms with E-state index in [0.717, 1.165) is 11.3 Å². The molecule has 6 heteroatoms. The van der Waals surface area contributed by atoms with Gasteiger partial charge in [-0.3, -0.25) is 4.90 Å². The molecule has 1 aromatic carbocycles. The number of benzene rings is 1. The molecule has 0 amide bonds. The van der Waals surface area contributed by atoms with Crippen molar-refractivity contribution in [3.63, 3.8) is 0 Å². The van der Waals surface area contributed by atoms with Gasteiger partial charge in [-0.1, -0.05) is 18.2 Å². The summed E-state index contributed by atoms with van der Waals surface area (Å²) in [5.41, 5.74) is 0.938. The van der Waals surface area contributed by atoms with Crippen molar-refractivity contribution in [2.75, 3.05) is 32.8 Å².